The van der Waals surface area contributed by atoms with E-state index < -0.39 is 0 Å². The number of benzene rings is 1. The van der Waals surface area contributed by atoms with Crippen LogP contribution in [0.4, 0.5) is 0 Å². The Bertz CT molecular complexity index is 375. The molecule has 0 aromatic heterocycles. The van der Waals surface area contributed by atoms with Gasteiger partial charge in [-0.1, -0.05) is 17.7 Å². The van der Waals surface area contributed by atoms with Gasteiger partial charge in [-0.3, -0.25) is 0 Å². The molecular formula is C15H24N2. The van der Waals surface area contributed by atoms with Crippen molar-refractivity contribution in [3.63, 3.8) is 0 Å². The molecule has 1 aliphatic heterocycles. The van der Waals surface area contributed by atoms with Crippen molar-refractivity contribution in [1.82, 2.24) is 10.2 Å². The molecule has 94 valence electrons. The number of nitrogens with zero attached hydrogens (tertiary/aromatic N) is 1. The van der Waals surface area contributed by atoms with Crippen molar-refractivity contribution < 1.29 is 0 Å². The Morgan fingerprint density at radius 1 is 1.24 bits per heavy atom. The van der Waals surface area contributed by atoms with Crippen molar-refractivity contribution in [2.75, 3.05) is 20.1 Å². The third-order valence-corrected chi connectivity index (χ3v) is 3.80. The fourth-order valence-corrected chi connectivity index (χ4v) is 2.84. The van der Waals surface area contributed by atoms with Gasteiger partial charge in [-0.05, 0) is 57.5 Å². The quantitative estimate of drug-likeness (QED) is 0.861. The zero-order valence-electron chi connectivity index (χ0n) is 11.5. The second kappa shape index (κ2) is 5.19. The Hall–Kier alpha value is -0.860. The fraction of sp³-hybridized carbons (Fsp3) is 0.600. The number of hydrogen-bond donors (Lipinski definition) is 1. The number of hydrogen-bond acceptors (Lipinski definition) is 2. The van der Waals surface area contributed by atoms with Crippen LogP contribution in [0.1, 0.15) is 28.7 Å². The normalized spacial score (nSPS) is 21.1. The summed E-state index contributed by atoms with van der Waals surface area (Å²) in [6.07, 6.45) is 1.28. The number of nitrogens with one attached hydrogen (secondary N) is 1. The standard InChI is InChI=1S/C15H24N2/c1-11-7-12(2)15(13(3)8-11)9-16-14-5-6-17(4)10-14/h7-8,14,16H,5-6,9-10H2,1-4H3. The molecule has 0 spiro atoms. The summed E-state index contributed by atoms with van der Waals surface area (Å²) in [6, 6.07) is 5.23. The van der Waals surface area contributed by atoms with Gasteiger partial charge in [0, 0.05) is 19.1 Å². The van der Waals surface area contributed by atoms with Crippen LogP contribution in [0.25, 0.3) is 0 Å². The van der Waals surface area contributed by atoms with Gasteiger partial charge in [-0.2, -0.15) is 0 Å². The summed E-state index contributed by atoms with van der Waals surface area (Å²) in [5.41, 5.74) is 5.68. The minimum atomic E-state index is 0.667. The Morgan fingerprint density at radius 3 is 2.41 bits per heavy atom. The average Bonchev–Trinajstić information content (AvgIpc) is 2.62. The van der Waals surface area contributed by atoms with Crippen molar-refractivity contribution in [2.24, 2.45) is 0 Å². The molecule has 1 atom stereocenters. The van der Waals surface area contributed by atoms with E-state index in [4.69, 9.17) is 0 Å². The second-order valence-corrected chi connectivity index (χ2v) is 5.51. The third kappa shape index (κ3) is 3.08. The van der Waals surface area contributed by atoms with Gasteiger partial charge in [0.1, 0.15) is 0 Å². The van der Waals surface area contributed by atoms with Crippen LogP contribution in [0.5, 0.6) is 0 Å². The predicted octanol–water partition coefficient (Wildman–Crippen LogP) is 2.41. The van der Waals surface area contributed by atoms with Crippen LogP contribution in [0.2, 0.25) is 0 Å². The van der Waals surface area contributed by atoms with E-state index in [1.54, 1.807) is 0 Å². The van der Waals surface area contributed by atoms with Gasteiger partial charge in [0.05, 0.1) is 0 Å². The average molecular weight is 232 g/mol. The lowest BCUT2D eigenvalue weighted by Crippen LogP contribution is -2.31. The molecule has 0 radical (unpaired) electrons. The lowest BCUT2D eigenvalue weighted by atomic mass is 9.99. The Kier molecular flexibility index (Phi) is 3.85. The maximum absolute atomic E-state index is 3.69. The van der Waals surface area contributed by atoms with E-state index in [2.05, 4.69) is 50.2 Å². The highest BCUT2D eigenvalue weighted by Crippen LogP contribution is 2.17. The maximum Gasteiger partial charge on any atom is 0.0213 e. The first kappa shape index (κ1) is 12.6. The zero-order valence-corrected chi connectivity index (χ0v) is 11.5. The summed E-state index contributed by atoms with van der Waals surface area (Å²) in [5, 5.41) is 3.69. The molecule has 0 bridgehead atoms. The smallest absolute Gasteiger partial charge is 0.0213 e. The van der Waals surface area contributed by atoms with Crippen LogP contribution in [0.15, 0.2) is 12.1 Å². The molecule has 2 heteroatoms. The van der Waals surface area contributed by atoms with E-state index >= 15 is 0 Å². The molecule has 2 nitrogen and oxygen atoms in total. The van der Waals surface area contributed by atoms with Gasteiger partial charge in [0.2, 0.25) is 0 Å². The number of rotatable bonds is 3. The molecule has 1 aromatic rings. The number of likely N-dealkylation sites (tertiary alicyclic amines) is 1. The summed E-state index contributed by atoms with van der Waals surface area (Å²) in [4.78, 5) is 2.40. The van der Waals surface area contributed by atoms with E-state index in [1.165, 1.54) is 41.8 Å². The first-order chi connectivity index (χ1) is 8.06. The van der Waals surface area contributed by atoms with Gasteiger partial charge >= 0.3 is 0 Å². The minimum absolute atomic E-state index is 0.667. The van der Waals surface area contributed by atoms with E-state index in [0.29, 0.717) is 6.04 Å². The molecule has 0 amide bonds. The predicted molar refractivity (Wildman–Crippen MR) is 73.4 cm³/mol. The molecule has 1 saturated heterocycles. The lowest BCUT2D eigenvalue weighted by Gasteiger charge is -2.16. The first-order valence-corrected chi connectivity index (χ1v) is 6.55. The molecule has 2 rings (SSSR count). The third-order valence-electron chi connectivity index (χ3n) is 3.80. The van der Waals surface area contributed by atoms with Crippen LogP contribution in [-0.4, -0.2) is 31.1 Å². The highest BCUT2D eigenvalue weighted by molar-refractivity contribution is 5.37. The van der Waals surface area contributed by atoms with Gasteiger partial charge in [0.25, 0.3) is 0 Å². The SMILES string of the molecule is Cc1cc(C)c(CNC2CCN(C)C2)c(C)c1. The molecular weight excluding hydrogens is 208 g/mol. The highest BCUT2D eigenvalue weighted by Gasteiger charge is 2.18. The van der Waals surface area contributed by atoms with Crippen molar-refractivity contribution in [3.8, 4) is 0 Å². The van der Waals surface area contributed by atoms with Gasteiger partial charge in [-0.25, -0.2) is 0 Å². The van der Waals surface area contributed by atoms with Crippen LogP contribution < -0.4 is 5.32 Å². The lowest BCUT2D eigenvalue weighted by molar-refractivity contribution is 0.397. The van der Waals surface area contributed by atoms with Gasteiger partial charge < -0.3 is 10.2 Å². The Labute approximate surface area is 105 Å². The van der Waals surface area contributed by atoms with Crippen LogP contribution >= 0.6 is 0 Å². The molecule has 1 unspecified atom stereocenters. The first-order valence-electron chi connectivity index (χ1n) is 6.55. The molecule has 1 aliphatic rings. The summed E-state index contributed by atoms with van der Waals surface area (Å²) < 4.78 is 0. The molecule has 1 N–H and O–H groups in total. The highest BCUT2D eigenvalue weighted by atomic mass is 15.2. The molecule has 1 heterocycles. The summed E-state index contributed by atoms with van der Waals surface area (Å²) in [7, 11) is 2.20. The maximum atomic E-state index is 3.69. The zero-order chi connectivity index (χ0) is 12.4. The van der Waals surface area contributed by atoms with Crippen LogP contribution in [0, 0.1) is 20.8 Å². The fourth-order valence-electron chi connectivity index (χ4n) is 2.84. The van der Waals surface area contributed by atoms with Crippen molar-refractivity contribution in [3.05, 3.63) is 34.4 Å². The van der Waals surface area contributed by atoms with E-state index in [-0.39, 0.29) is 0 Å². The van der Waals surface area contributed by atoms with Crippen molar-refractivity contribution in [2.45, 2.75) is 39.8 Å². The monoisotopic (exact) mass is 232 g/mol. The molecule has 0 saturated carbocycles. The largest absolute Gasteiger partial charge is 0.309 e. The van der Waals surface area contributed by atoms with Crippen molar-refractivity contribution in [1.29, 1.82) is 0 Å². The summed E-state index contributed by atoms with van der Waals surface area (Å²) in [6.45, 7) is 10.0. The molecule has 1 aromatic carbocycles. The number of likely N-dealkylation sites (N-methyl/N-ethyl adjacent to an activating group) is 1. The van der Waals surface area contributed by atoms with Crippen LogP contribution in [0.3, 0.4) is 0 Å². The Balaban J connectivity index is 1.99. The van der Waals surface area contributed by atoms with Gasteiger partial charge in [-0.15, -0.1) is 0 Å². The van der Waals surface area contributed by atoms with E-state index in [9.17, 15) is 0 Å². The summed E-state index contributed by atoms with van der Waals surface area (Å²) >= 11 is 0. The van der Waals surface area contributed by atoms with E-state index in [1.807, 2.05) is 0 Å². The summed E-state index contributed by atoms with van der Waals surface area (Å²) in [5.74, 6) is 0. The van der Waals surface area contributed by atoms with Crippen LogP contribution in [-0.2, 0) is 6.54 Å². The molecule has 0 aliphatic carbocycles. The Morgan fingerprint density at radius 2 is 1.88 bits per heavy atom. The van der Waals surface area contributed by atoms with Crippen molar-refractivity contribution >= 4 is 0 Å². The topological polar surface area (TPSA) is 15.3 Å². The minimum Gasteiger partial charge on any atom is -0.309 e. The second-order valence-electron chi connectivity index (χ2n) is 5.51. The van der Waals surface area contributed by atoms with Gasteiger partial charge in [0.15, 0.2) is 0 Å². The molecule has 1 fully saturated rings. The molecule has 17 heavy (non-hydrogen) atoms. The number of aryl methyl sites for hydroxylation is 3. The van der Waals surface area contributed by atoms with E-state index in [0.717, 1.165) is 6.54 Å².